The van der Waals surface area contributed by atoms with Gasteiger partial charge in [-0.25, -0.2) is 0 Å². The van der Waals surface area contributed by atoms with Gasteiger partial charge in [0.25, 0.3) is 0 Å². The summed E-state index contributed by atoms with van der Waals surface area (Å²) in [5.41, 5.74) is 1.89. The van der Waals surface area contributed by atoms with Gasteiger partial charge in [0.05, 0.1) is 11.6 Å². The fourth-order valence-corrected chi connectivity index (χ4v) is 4.04. The Hall–Kier alpha value is -2.08. The van der Waals surface area contributed by atoms with Gasteiger partial charge < -0.3 is 14.2 Å². The molecular weight excluding hydrogens is 414 g/mol. The fourth-order valence-electron chi connectivity index (χ4n) is 3.81. The van der Waals surface area contributed by atoms with Crippen LogP contribution in [0, 0.1) is 0 Å². The number of rotatable bonds is 11. The number of halogens is 1. The van der Waals surface area contributed by atoms with E-state index in [9.17, 15) is 4.79 Å². The first kappa shape index (κ1) is 23.6. The Morgan fingerprint density at radius 1 is 1.16 bits per heavy atom. The number of piperidine rings is 1. The van der Waals surface area contributed by atoms with E-state index in [1.54, 1.807) is 19.2 Å². The second kappa shape index (κ2) is 12.1. The van der Waals surface area contributed by atoms with Crippen LogP contribution in [-0.4, -0.2) is 50.2 Å². The normalized spacial score (nSPS) is 15.1. The number of ketones is 1. The molecule has 1 aliphatic heterocycles. The van der Waals surface area contributed by atoms with Crippen molar-refractivity contribution in [2.75, 3.05) is 33.4 Å². The zero-order chi connectivity index (χ0) is 22.1. The number of benzene rings is 2. The second-order valence-corrected chi connectivity index (χ2v) is 8.25. The SMILES string of the molecule is CCOc1cccc(CN2CCC(Oc3ccc(C(=O)CCCOC)cc3Cl)CC2)c1. The van der Waals surface area contributed by atoms with Crippen molar-refractivity contribution in [1.29, 1.82) is 0 Å². The summed E-state index contributed by atoms with van der Waals surface area (Å²) >= 11 is 6.41. The highest BCUT2D eigenvalue weighted by Crippen LogP contribution is 2.29. The van der Waals surface area contributed by atoms with E-state index >= 15 is 0 Å². The zero-order valence-corrected chi connectivity index (χ0v) is 19.2. The lowest BCUT2D eigenvalue weighted by Gasteiger charge is -2.32. The summed E-state index contributed by atoms with van der Waals surface area (Å²) < 4.78 is 16.8. The summed E-state index contributed by atoms with van der Waals surface area (Å²) in [5, 5.41) is 0.493. The first-order valence-corrected chi connectivity index (χ1v) is 11.4. The summed E-state index contributed by atoms with van der Waals surface area (Å²) in [4.78, 5) is 14.7. The lowest BCUT2D eigenvalue weighted by atomic mass is 10.1. The Morgan fingerprint density at radius 3 is 2.68 bits per heavy atom. The van der Waals surface area contributed by atoms with Crippen LogP contribution in [0.2, 0.25) is 5.02 Å². The number of hydrogen-bond donors (Lipinski definition) is 0. The van der Waals surface area contributed by atoms with Crippen molar-refractivity contribution in [3.63, 3.8) is 0 Å². The van der Waals surface area contributed by atoms with Crippen molar-refractivity contribution < 1.29 is 19.0 Å². The van der Waals surface area contributed by atoms with Crippen molar-refractivity contribution in [3.8, 4) is 11.5 Å². The van der Waals surface area contributed by atoms with Gasteiger partial charge in [-0.2, -0.15) is 0 Å². The minimum atomic E-state index is 0.0761. The minimum absolute atomic E-state index is 0.0761. The molecule has 0 saturated carbocycles. The number of carbonyl (C=O) groups is 1. The highest BCUT2D eigenvalue weighted by molar-refractivity contribution is 6.32. The van der Waals surface area contributed by atoms with Crippen molar-refractivity contribution in [2.45, 2.75) is 45.3 Å². The second-order valence-electron chi connectivity index (χ2n) is 7.84. The predicted molar refractivity (Wildman–Crippen MR) is 123 cm³/mol. The van der Waals surface area contributed by atoms with Gasteiger partial charge >= 0.3 is 0 Å². The molecule has 1 heterocycles. The number of nitrogens with zero attached hydrogens (tertiary/aromatic N) is 1. The minimum Gasteiger partial charge on any atom is -0.494 e. The summed E-state index contributed by atoms with van der Waals surface area (Å²) in [6, 6.07) is 13.6. The van der Waals surface area contributed by atoms with E-state index in [0.717, 1.165) is 38.2 Å². The van der Waals surface area contributed by atoms with Gasteiger partial charge in [-0.05, 0) is 62.1 Å². The monoisotopic (exact) mass is 445 g/mol. The smallest absolute Gasteiger partial charge is 0.163 e. The molecule has 5 nitrogen and oxygen atoms in total. The van der Waals surface area contributed by atoms with Crippen LogP contribution in [0.4, 0.5) is 0 Å². The highest BCUT2D eigenvalue weighted by Gasteiger charge is 2.22. The van der Waals surface area contributed by atoms with Crippen LogP contribution in [0.25, 0.3) is 0 Å². The van der Waals surface area contributed by atoms with Gasteiger partial charge in [0.1, 0.15) is 17.6 Å². The molecule has 6 heteroatoms. The highest BCUT2D eigenvalue weighted by atomic mass is 35.5. The topological polar surface area (TPSA) is 48.0 Å². The average molecular weight is 446 g/mol. The van der Waals surface area contributed by atoms with E-state index in [0.29, 0.717) is 42.4 Å². The molecule has 1 fully saturated rings. The molecule has 0 bridgehead atoms. The molecule has 0 amide bonds. The first-order valence-electron chi connectivity index (χ1n) is 11.0. The summed E-state index contributed by atoms with van der Waals surface area (Å²) in [6.45, 7) is 6.11. The molecule has 0 aromatic heterocycles. The quantitative estimate of drug-likeness (QED) is 0.342. The van der Waals surface area contributed by atoms with Gasteiger partial charge in [0.15, 0.2) is 5.78 Å². The van der Waals surface area contributed by atoms with Gasteiger partial charge in [0.2, 0.25) is 0 Å². The lowest BCUT2D eigenvalue weighted by Crippen LogP contribution is -2.37. The molecule has 0 unspecified atom stereocenters. The summed E-state index contributed by atoms with van der Waals surface area (Å²) in [5.74, 6) is 1.65. The largest absolute Gasteiger partial charge is 0.494 e. The Bertz CT molecular complexity index is 849. The molecule has 31 heavy (non-hydrogen) atoms. The molecule has 1 saturated heterocycles. The maximum absolute atomic E-state index is 12.2. The van der Waals surface area contributed by atoms with Crippen LogP contribution >= 0.6 is 11.6 Å². The third-order valence-electron chi connectivity index (χ3n) is 5.45. The Labute approximate surface area is 190 Å². The van der Waals surface area contributed by atoms with Gasteiger partial charge in [-0.1, -0.05) is 23.7 Å². The first-order chi connectivity index (χ1) is 15.1. The van der Waals surface area contributed by atoms with Crippen LogP contribution in [0.5, 0.6) is 11.5 Å². The zero-order valence-electron chi connectivity index (χ0n) is 18.4. The number of likely N-dealkylation sites (tertiary alicyclic amines) is 1. The third kappa shape index (κ3) is 7.23. The lowest BCUT2D eigenvalue weighted by molar-refractivity contribution is 0.0958. The van der Waals surface area contributed by atoms with E-state index < -0.39 is 0 Å². The van der Waals surface area contributed by atoms with E-state index in [1.165, 1.54) is 5.56 Å². The van der Waals surface area contributed by atoms with Crippen molar-refractivity contribution >= 4 is 17.4 Å². The molecule has 0 spiro atoms. The average Bonchev–Trinajstić information content (AvgIpc) is 2.77. The fraction of sp³-hybridized carbons (Fsp3) is 0.480. The molecule has 0 radical (unpaired) electrons. The number of ether oxygens (including phenoxy) is 3. The molecule has 1 aliphatic rings. The Balaban J connectivity index is 1.48. The van der Waals surface area contributed by atoms with E-state index in [1.807, 2.05) is 25.1 Å². The van der Waals surface area contributed by atoms with E-state index in [4.69, 9.17) is 25.8 Å². The van der Waals surface area contributed by atoms with E-state index in [-0.39, 0.29) is 11.9 Å². The Kier molecular flexibility index (Phi) is 9.19. The van der Waals surface area contributed by atoms with Crippen LogP contribution in [0.3, 0.4) is 0 Å². The number of hydrogen-bond acceptors (Lipinski definition) is 5. The number of methoxy groups -OCH3 is 1. The molecule has 0 N–H and O–H groups in total. The van der Waals surface area contributed by atoms with Crippen LogP contribution in [0.15, 0.2) is 42.5 Å². The van der Waals surface area contributed by atoms with Crippen molar-refractivity contribution in [3.05, 3.63) is 58.6 Å². The molecule has 2 aromatic rings. The van der Waals surface area contributed by atoms with Crippen LogP contribution in [-0.2, 0) is 11.3 Å². The standard InChI is InChI=1S/C25H32ClNO4/c1-3-30-22-7-4-6-19(16-22)18-27-13-11-21(12-14-27)31-25-10-9-20(17-23(25)26)24(28)8-5-15-29-2/h4,6-7,9-10,16-17,21H,3,5,8,11-15,18H2,1-2H3. The Morgan fingerprint density at radius 2 is 1.97 bits per heavy atom. The van der Waals surface area contributed by atoms with Gasteiger partial charge in [0, 0.05) is 45.3 Å². The predicted octanol–water partition coefficient (Wildman–Crippen LogP) is 5.39. The van der Waals surface area contributed by atoms with Gasteiger partial charge in [-0.3, -0.25) is 9.69 Å². The molecule has 0 aliphatic carbocycles. The van der Waals surface area contributed by atoms with Gasteiger partial charge in [-0.15, -0.1) is 0 Å². The summed E-state index contributed by atoms with van der Waals surface area (Å²) in [7, 11) is 1.64. The van der Waals surface area contributed by atoms with Crippen LogP contribution < -0.4 is 9.47 Å². The molecular formula is C25H32ClNO4. The van der Waals surface area contributed by atoms with Crippen molar-refractivity contribution in [1.82, 2.24) is 4.90 Å². The maximum atomic E-state index is 12.2. The number of Topliss-reactive ketones (excluding diaryl/α,β-unsaturated/α-hetero) is 1. The van der Waals surface area contributed by atoms with E-state index in [2.05, 4.69) is 17.0 Å². The number of carbonyl (C=O) groups excluding carboxylic acids is 1. The van der Waals surface area contributed by atoms with Crippen molar-refractivity contribution in [2.24, 2.45) is 0 Å². The molecule has 0 atom stereocenters. The van der Waals surface area contributed by atoms with Crippen LogP contribution in [0.1, 0.15) is 48.5 Å². The third-order valence-corrected chi connectivity index (χ3v) is 5.75. The summed E-state index contributed by atoms with van der Waals surface area (Å²) in [6.07, 6.45) is 3.18. The molecule has 2 aromatic carbocycles. The molecule has 3 rings (SSSR count). The maximum Gasteiger partial charge on any atom is 0.163 e. The molecule has 168 valence electrons.